The highest BCUT2D eigenvalue weighted by molar-refractivity contribution is 7.92. The highest BCUT2D eigenvalue weighted by Crippen LogP contribution is 2.11. The number of benzene rings is 1. The molecule has 1 aromatic rings. The van der Waals surface area contributed by atoms with E-state index >= 15 is 0 Å². The van der Waals surface area contributed by atoms with Crippen LogP contribution in [0, 0.1) is 0 Å². The average Bonchev–Trinajstić information content (AvgIpc) is 2.35. The molecule has 1 rings (SSSR count). The second-order valence-electron chi connectivity index (χ2n) is 3.80. The molecule has 1 aromatic carbocycles. The van der Waals surface area contributed by atoms with Gasteiger partial charge in [0.05, 0.1) is 6.61 Å². The summed E-state index contributed by atoms with van der Waals surface area (Å²) in [6.07, 6.45) is 2.01. The normalized spacial score (nSPS) is 13.9. The van der Waals surface area contributed by atoms with E-state index in [4.69, 9.17) is 16.7 Å². The topological polar surface area (TPSA) is 66.4 Å². The fourth-order valence-electron chi connectivity index (χ4n) is 1.26. The molecule has 0 radical (unpaired) electrons. The van der Waals surface area contributed by atoms with Crippen molar-refractivity contribution in [3.63, 3.8) is 0 Å². The molecule has 0 heterocycles. The molecule has 4 nitrogen and oxygen atoms in total. The van der Waals surface area contributed by atoms with Crippen molar-refractivity contribution < 1.29 is 13.5 Å². The maximum Gasteiger partial charge on any atom is 0.234 e. The Morgan fingerprint density at radius 3 is 2.50 bits per heavy atom. The maximum atomic E-state index is 11.7. The van der Waals surface area contributed by atoms with E-state index in [1.54, 1.807) is 31.2 Å². The van der Waals surface area contributed by atoms with Gasteiger partial charge in [0.15, 0.2) is 0 Å². The number of hydrogen-bond donors (Lipinski definition) is 2. The lowest BCUT2D eigenvalue weighted by atomic mass is 10.2. The van der Waals surface area contributed by atoms with Crippen LogP contribution in [0.5, 0.6) is 0 Å². The first kappa shape index (κ1) is 15.2. The number of aliphatic hydroxyl groups excluding tert-OH is 1. The van der Waals surface area contributed by atoms with Crippen molar-refractivity contribution in [1.82, 2.24) is 4.72 Å². The zero-order valence-corrected chi connectivity index (χ0v) is 11.6. The predicted octanol–water partition coefficient (Wildman–Crippen LogP) is 2.00. The van der Waals surface area contributed by atoms with E-state index in [1.807, 2.05) is 0 Å². The zero-order chi connectivity index (χ0) is 13.6. The molecular formula is C12H16ClNO3S. The molecular weight excluding hydrogens is 274 g/mol. The molecule has 0 aliphatic carbocycles. The quantitative estimate of drug-likeness (QED) is 0.842. The third-order valence-electron chi connectivity index (χ3n) is 2.35. The predicted molar refractivity (Wildman–Crippen MR) is 73.7 cm³/mol. The fraction of sp³-hybridized carbons (Fsp3) is 0.333. The minimum absolute atomic E-state index is 0.218. The van der Waals surface area contributed by atoms with Gasteiger partial charge < -0.3 is 5.11 Å². The molecule has 0 bridgehead atoms. The first-order chi connectivity index (χ1) is 8.46. The summed E-state index contributed by atoms with van der Waals surface area (Å²) in [7, 11) is -3.54. The molecule has 0 spiro atoms. The highest BCUT2D eigenvalue weighted by Gasteiger charge is 2.12. The summed E-state index contributed by atoms with van der Waals surface area (Å²) in [5.41, 5.74) is 0.738. The molecule has 1 atom stereocenters. The van der Waals surface area contributed by atoms with Crippen molar-refractivity contribution in [2.24, 2.45) is 0 Å². The number of aliphatic hydroxyl groups is 1. The number of rotatable bonds is 6. The molecule has 0 fully saturated rings. The summed E-state index contributed by atoms with van der Waals surface area (Å²) >= 11 is 5.73. The van der Waals surface area contributed by atoms with E-state index in [-0.39, 0.29) is 6.61 Å². The van der Waals surface area contributed by atoms with E-state index in [1.165, 1.54) is 6.08 Å². The van der Waals surface area contributed by atoms with Gasteiger partial charge in [0.2, 0.25) is 10.0 Å². The van der Waals surface area contributed by atoms with Crippen molar-refractivity contribution in [3.8, 4) is 0 Å². The molecule has 18 heavy (non-hydrogen) atoms. The summed E-state index contributed by atoms with van der Waals surface area (Å²) < 4.78 is 25.7. The summed E-state index contributed by atoms with van der Waals surface area (Å²) in [5, 5.41) is 10.6. The molecule has 6 heteroatoms. The van der Waals surface area contributed by atoms with Gasteiger partial charge in [-0.3, -0.25) is 0 Å². The van der Waals surface area contributed by atoms with Crippen LogP contribution in [0.2, 0.25) is 5.02 Å². The second kappa shape index (κ2) is 6.89. The lowest BCUT2D eigenvalue weighted by molar-refractivity contribution is 0.254. The molecule has 0 aliphatic heterocycles. The maximum absolute atomic E-state index is 11.7. The van der Waals surface area contributed by atoms with E-state index in [0.29, 0.717) is 11.4 Å². The first-order valence-electron chi connectivity index (χ1n) is 5.53. The Hall–Kier alpha value is -0.880. The summed E-state index contributed by atoms with van der Waals surface area (Å²) in [6.45, 7) is 1.58. The van der Waals surface area contributed by atoms with Gasteiger partial charge in [0.25, 0.3) is 0 Å². The Morgan fingerprint density at radius 1 is 1.39 bits per heavy atom. The van der Waals surface area contributed by atoms with Crippen LogP contribution in [0.4, 0.5) is 0 Å². The van der Waals surface area contributed by atoms with Crippen LogP contribution in [-0.4, -0.2) is 26.2 Å². The average molecular weight is 290 g/mol. The lowest BCUT2D eigenvalue weighted by Gasteiger charge is -2.11. The Labute approximate surface area is 112 Å². The van der Waals surface area contributed by atoms with E-state index < -0.39 is 16.1 Å². The third kappa shape index (κ3) is 5.18. The largest absolute Gasteiger partial charge is 0.395 e. The first-order valence-corrected chi connectivity index (χ1v) is 7.46. The molecule has 0 aromatic heterocycles. The van der Waals surface area contributed by atoms with Crippen LogP contribution in [-0.2, 0) is 10.0 Å². The van der Waals surface area contributed by atoms with Crippen molar-refractivity contribution in [2.45, 2.75) is 19.4 Å². The van der Waals surface area contributed by atoms with Gasteiger partial charge >= 0.3 is 0 Å². The monoisotopic (exact) mass is 289 g/mol. The fourth-order valence-corrected chi connectivity index (χ4v) is 2.51. The van der Waals surface area contributed by atoms with Crippen molar-refractivity contribution >= 4 is 27.7 Å². The van der Waals surface area contributed by atoms with E-state index in [9.17, 15) is 8.42 Å². The van der Waals surface area contributed by atoms with Crippen molar-refractivity contribution in [2.75, 3.05) is 6.61 Å². The van der Waals surface area contributed by atoms with Gasteiger partial charge in [-0.2, -0.15) is 0 Å². The summed E-state index contributed by atoms with van der Waals surface area (Å²) in [5.74, 6) is 0. The SMILES string of the molecule is CC[C@@H](CO)NS(=O)(=O)/C=C/c1ccc(Cl)cc1. The molecule has 0 saturated heterocycles. The Bertz CT molecular complexity index is 493. The van der Waals surface area contributed by atoms with Crippen molar-refractivity contribution in [1.29, 1.82) is 0 Å². The molecule has 0 aliphatic rings. The van der Waals surface area contributed by atoms with Crippen LogP contribution >= 0.6 is 11.6 Å². The van der Waals surface area contributed by atoms with Crippen LogP contribution < -0.4 is 4.72 Å². The van der Waals surface area contributed by atoms with E-state index in [0.717, 1.165) is 11.0 Å². The number of nitrogens with one attached hydrogen (secondary N) is 1. The molecule has 0 unspecified atom stereocenters. The Balaban J connectivity index is 2.73. The van der Waals surface area contributed by atoms with Gasteiger partial charge in [-0.1, -0.05) is 30.7 Å². The minimum Gasteiger partial charge on any atom is -0.395 e. The van der Waals surface area contributed by atoms with E-state index in [2.05, 4.69) is 4.72 Å². The number of sulfonamides is 1. The minimum atomic E-state index is -3.54. The van der Waals surface area contributed by atoms with Gasteiger partial charge in [0.1, 0.15) is 0 Å². The van der Waals surface area contributed by atoms with Gasteiger partial charge in [0, 0.05) is 16.5 Å². The van der Waals surface area contributed by atoms with Crippen LogP contribution in [0.25, 0.3) is 6.08 Å². The lowest BCUT2D eigenvalue weighted by Crippen LogP contribution is -2.35. The Kier molecular flexibility index (Phi) is 5.81. The van der Waals surface area contributed by atoms with Crippen LogP contribution in [0.1, 0.15) is 18.9 Å². The molecule has 0 saturated carbocycles. The van der Waals surface area contributed by atoms with Gasteiger partial charge in [-0.05, 0) is 30.2 Å². The third-order valence-corrected chi connectivity index (χ3v) is 3.76. The second-order valence-corrected chi connectivity index (χ2v) is 5.84. The van der Waals surface area contributed by atoms with Crippen LogP contribution in [0.15, 0.2) is 29.7 Å². The van der Waals surface area contributed by atoms with Crippen LogP contribution in [0.3, 0.4) is 0 Å². The summed E-state index contributed by atoms with van der Waals surface area (Å²) in [6, 6.07) is 6.35. The molecule has 100 valence electrons. The van der Waals surface area contributed by atoms with Gasteiger partial charge in [-0.15, -0.1) is 0 Å². The number of hydrogen-bond acceptors (Lipinski definition) is 3. The smallest absolute Gasteiger partial charge is 0.234 e. The van der Waals surface area contributed by atoms with Gasteiger partial charge in [-0.25, -0.2) is 13.1 Å². The summed E-state index contributed by atoms with van der Waals surface area (Å²) in [4.78, 5) is 0. The number of halogens is 1. The van der Waals surface area contributed by atoms with Crippen molar-refractivity contribution in [3.05, 3.63) is 40.3 Å². The molecule has 0 amide bonds. The molecule has 2 N–H and O–H groups in total. The highest BCUT2D eigenvalue weighted by atomic mass is 35.5. The zero-order valence-electron chi connectivity index (χ0n) is 10.0. The standard InChI is InChI=1S/C12H16ClNO3S/c1-2-12(9-15)14-18(16,17)8-7-10-3-5-11(13)6-4-10/h3-8,12,14-15H,2,9H2,1H3/b8-7+/t12-/m0/s1. The Morgan fingerprint density at radius 2 is 2.00 bits per heavy atom.